The lowest BCUT2D eigenvalue weighted by molar-refractivity contribution is 0.391. The minimum atomic E-state index is -0.287. The second-order valence-corrected chi connectivity index (χ2v) is 6.36. The van der Waals surface area contributed by atoms with Gasteiger partial charge in [0.05, 0.1) is 7.11 Å². The largest absolute Gasteiger partial charge is 0.496 e. The fourth-order valence-corrected chi connectivity index (χ4v) is 3.53. The van der Waals surface area contributed by atoms with Gasteiger partial charge in [0.1, 0.15) is 5.75 Å². The fraction of sp³-hybridized carbons (Fsp3) is 0.294. The average molecular weight is 332 g/mol. The Morgan fingerprint density at radius 2 is 2.05 bits per heavy atom. The number of fused-ring (bicyclic) bond motifs is 1. The molecule has 0 aliphatic heterocycles. The van der Waals surface area contributed by atoms with Crippen molar-refractivity contribution in [1.29, 1.82) is 0 Å². The summed E-state index contributed by atoms with van der Waals surface area (Å²) < 4.78 is 6.53. The summed E-state index contributed by atoms with van der Waals surface area (Å²) in [6.07, 6.45) is 2.84. The van der Waals surface area contributed by atoms with Gasteiger partial charge in [0.2, 0.25) is 0 Å². The Bertz CT molecular complexity index is 641. The van der Waals surface area contributed by atoms with E-state index in [0.29, 0.717) is 0 Å². The fourth-order valence-electron chi connectivity index (χ4n) is 3.13. The van der Waals surface area contributed by atoms with E-state index in [0.717, 1.165) is 35.0 Å². The second kappa shape index (κ2) is 5.23. The minimum absolute atomic E-state index is 0.287. The van der Waals surface area contributed by atoms with Crippen molar-refractivity contribution in [2.45, 2.75) is 24.8 Å². The number of benzene rings is 2. The molecular formula is C17H18BrNO. The number of ether oxygens (including phenoxy) is 1. The van der Waals surface area contributed by atoms with Crippen molar-refractivity contribution in [3.63, 3.8) is 0 Å². The maximum absolute atomic E-state index is 6.71. The van der Waals surface area contributed by atoms with Crippen molar-refractivity contribution >= 4 is 15.9 Å². The molecule has 0 saturated carbocycles. The lowest BCUT2D eigenvalue weighted by atomic mass is 9.86. The molecule has 104 valence electrons. The van der Waals surface area contributed by atoms with E-state index >= 15 is 0 Å². The number of hydrogen-bond acceptors (Lipinski definition) is 2. The van der Waals surface area contributed by atoms with E-state index in [1.54, 1.807) is 7.11 Å². The van der Waals surface area contributed by atoms with Gasteiger partial charge in [-0.1, -0.05) is 40.2 Å². The first-order chi connectivity index (χ1) is 9.62. The molecule has 0 spiro atoms. The maximum Gasteiger partial charge on any atom is 0.122 e. The van der Waals surface area contributed by atoms with Crippen LogP contribution in [-0.4, -0.2) is 7.11 Å². The molecule has 2 aromatic carbocycles. The Kier molecular flexibility index (Phi) is 3.57. The first-order valence-corrected chi connectivity index (χ1v) is 7.61. The highest BCUT2D eigenvalue weighted by Gasteiger charge is 2.35. The van der Waals surface area contributed by atoms with E-state index in [-0.39, 0.29) is 5.54 Å². The summed E-state index contributed by atoms with van der Waals surface area (Å²) in [4.78, 5) is 0. The van der Waals surface area contributed by atoms with Gasteiger partial charge in [-0.15, -0.1) is 0 Å². The van der Waals surface area contributed by atoms with Crippen molar-refractivity contribution < 1.29 is 4.74 Å². The van der Waals surface area contributed by atoms with Crippen molar-refractivity contribution in [3.8, 4) is 5.75 Å². The molecule has 20 heavy (non-hydrogen) atoms. The standard InChI is InChI=1S/C17H18BrNO/c1-20-16-7-6-14(18)10-13(16)11-17(19)9-8-12-4-2-3-5-15(12)17/h2-7,10H,8-9,11,19H2,1H3. The predicted molar refractivity (Wildman–Crippen MR) is 85.0 cm³/mol. The van der Waals surface area contributed by atoms with E-state index < -0.39 is 0 Å². The number of hydrogen-bond donors (Lipinski definition) is 1. The lowest BCUT2D eigenvalue weighted by Crippen LogP contribution is -2.36. The molecule has 0 bridgehead atoms. The van der Waals surface area contributed by atoms with E-state index in [1.807, 2.05) is 12.1 Å². The van der Waals surface area contributed by atoms with Crippen LogP contribution in [-0.2, 0) is 18.4 Å². The smallest absolute Gasteiger partial charge is 0.122 e. The second-order valence-electron chi connectivity index (χ2n) is 5.45. The Morgan fingerprint density at radius 3 is 2.85 bits per heavy atom. The van der Waals surface area contributed by atoms with Crippen molar-refractivity contribution in [2.24, 2.45) is 5.73 Å². The van der Waals surface area contributed by atoms with Gasteiger partial charge in [-0.2, -0.15) is 0 Å². The molecule has 1 unspecified atom stereocenters. The molecule has 0 aromatic heterocycles. The van der Waals surface area contributed by atoms with Crippen molar-refractivity contribution in [2.75, 3.05) is 7.11 Å². The summed E-state index contributed by atoms with van der Waals surface area (Å²) in [5, 5.41) is 0. The zero-order valence-corrected chi connectivity index (χ0v) is 13.1. The molecule has 0 heterocycles. The van der Waals surface area contributed by atoms with E-state index in [9.17, 15) is 0 Å². The van der Waals surface area contributed by atoms with Crippen LogP contribution in [0.3, 0.4) is 0 Å². The van der Waals surface area contributed by atoms with Gasteiger partial charge in [0.25, 0.3) is 0 Å². The zero-order valence-electron chi connectivity index (χ0n) is 11.5. The number of aryl methyl sites for hydroxylation is 1. The number of rotatable bonds is 3. The topological polar surface area (TPSA) is 35.2 Å². The molecule has 0 amide bonds. The van der Waals surface area contributed by atoms with Gasteiger partial charge in [0, 0.05) is 10.0 Å². The molecule has 1 atom stereocenters. The van der Waals surface area contributed by atoms with Crippen LogP contribution in [0.4, 0.5) is 0 Å². The summed E-state index contributed by atoms with van der Waals surface area (Å²) in [7, 11) is 1.71. The third-order valence-electron chi connectivity index (χ3n) is 4.14. The third-order valence-corrected chi connectivity index (χ3v) is 4.64. The Balaban J connectivity index is 1.98. The molecule has 2 nitrogen and oxygen atoms in total. The van der Waals surface area contributed by atoms with Crippen LogP contribution in [0.25, 0.3) is 0 Å². The quantitative estimate of drug-likeness (QED) is 0.928. The number of nitrogens with two attached hydrogens (primary N) is 1. The highest BCUT2D eigenvalue weighted by Crippen LogP contribution is 2.39. The molecule has 1 aliphatic rings. The lowest BCUT2D eigenvalue weighted by Gasteiger charge is -2.26. The molecule has 3 heteroatoms. The van der Waals surface area contributed by atoms with Crippen LogP contribution < -0.4 is 10.5 Å². The Morgan fingerprint density at radius 1 is 1.25 bits per heavy atom. The van der Waals surface area contributed by atoms with Gasteiger partial charge in [-0.3, -0.25) is 0 Å². The molecule has 0 radical (unpaired) electrons. The first kappa shape index (κ1) is 13.7. The molecule has 2 N–H and O–H groups in total. The van der Waals surface area contributed by atoms with Gasteiger partial charge in [0.15, 0.2) is 0 Å². The first-order valence-electron chi connectivity index (χ1n) is 6.82. The Hall–Kier alpha value is -1.32. The van der Waals surface area contributed by atoms with Gasteiger partial charge >= 0.3 is 0 Å². The van der Waals surface area contributed by atoms with Gasteiger partial charge in [-0.25, -0.2) is 0 Å². The van der Waals surface area contributed by atoms with Gasteiger partial charge in [-0.05, 0) is 54.2 Å². The molecule has 2 aromatic rings. The number of halogens is 1. The monoisotopic (exact) mass is 331 g/mol. The molecule has 3 rings (SSSR count). The zero-order chi connectivity index (χ0) is 14.2. The summed E-state index contributed by atoms with van der Waals surface area (Å²) in [5.74, 6) is 0.905. The predicted octanol–water partition coefficient (Wildman–Crippen LogP) is 3.80. The van der Waals surface area contributed by atoms with Gasteiger partial charge < -0.3 is 10.5 Å². The van der Waals surface area contributed by atoms with Crippen LogP contribution in [0.15, 0.2) is 46.9 Å². The normalized spacial score (nSPS) is 20.8. The molecule has 0 fully saturated rings. The van der Waals surface area contributed by atoms with Crippen LogP contribution in [0, 0.1) is 0 Å². The van der Waals surface area contributed by atoms with Crippen molar-refractivity contribution in [1.82, 2.24) is 0 Å². The van der Waals surface area contributed by atoms with E-state index in [1.165, 1.54) is 11.1 Å². The van der Waals surface area contributed by atoms with Crippen LogP contribution in [0.2, 0.25) is 0 Å². The van der Waals surface area contributed by atoms with Crippen molar-refractivity contribution in [3.05, 3.63) is 63.6 Å². The highest BCUT2D eigenvalue weighted by atomic mass is 79.9. The maximum atomic E-state index is 6.71. The van der Waals surface area contributed by atoms with E-state index in [2.05, 4.69) is 46.3 Å². The SMILES string of the molecule is COc1ccc(Br)cc1CC1(N)CCc2ccccc21. The average Bonchev–Trinajstić information content (AvgIpc) is 2.77. The summed E-state index contributed by atoms with van der Waals surface area (Å²) in [6.45, 7) is 0. The van der Waals surface area contributed by atoms with E-state index in [4.69, 9.17) is 10.5 Å². The summed E-state index contributed by atoms with van der Waals surface area (Å²) in [6, 6.07) is 14.6. The van der Waals surface area contributed by atoms with Crippen LogP contribution in [0.1, 0.15) is 23.1 Å². The summed E-state index contributed by atoms with van der Waals surface area (Å²) in [5.41, 5.74) is 10.2. The molecular weight excluding hydrogens is 314 g/mol. The summed E-state index contributed by atoms with van der Waals surface area (Å²) >= 11 is 3.53. The third kappa shape index (κ3) is 2.36. The minimum Gasteiger partial charge on any atom is -0.496 e. The van der Waals surface area contributed by atoms with Crippen LogP contribution >= 0.6 is 15.9 Å². The van der Waals surface area contributed by atoms with Crippen LogP contribution in [0.5, 0.6) is 5.75 Å². The molecule has 1 aliphatic carbocycles. The highest BCUT2D eigenvalue weighted by molar-refractivity contribution is 9.10. The number of methoxy groups -OCH3 is 1. The molecule has 0 saturated heterocycles. The Labute approximate surface area is 128 Å².